The van der Waals surface area contributed by atoms with Gasteiger partial charge in [-0.1, -0.05) is 0 Å². The Morgan fingerprint density at radius 3 is 2.75 bits per heavy atom. The van der Waals surface area contributed by atoms with Crippen LogP contribution in [-0.2, 0) is 4.74 Å². The predicted molar refractivity (Wildman–Crippen MR) is 103 cm³/mol. The summed E-state index contributed by atoms with van der Waals surface area (Å²) >= 11 is 1.88. The maximum Gasteiger partial charge on any atom is 0.410 e. The molecule has 0 aromatic rings. The second kappa shape index (κ2) is 10.7. The Morgan fingerprint density at radius 1 is 1.38 bits per heavy atom. The van der Waals surface area contributed by atoms with Crippen LogP contribution in [0.1, 0.15) is 46.5 Å². The van der Waals surface area contributed by atoms with E-state index in [4.69, 9.17) is 4.74 Å². The number of carbonyl (C=O) groups excluding carboxylic acids is 1. The Hall–Kier alpha value is -1.11. The molecule has 6 nitrogen and oxygen atoms in total. The van der Waals surface area contributed by atoms with E-state index in [-0.39, 0.29) is 12.1 Å². The minimum Gasteiger partial charge on any atom is -0.444 e. The summed E-state index contributed by atoms with van der Waals surface area (Å²) in [6, 6.07) is 0.212. The van der Waals surface area contributed by atoms with E-state index in [0.29, 0.717) is 6.54 Å². The number of guanidine groups is 1. The molecule has 140 valence electrons. The van der Waals surface area contributed by atoms with Crippen LogP contribution in [-0.4, -0.2) is 67.3 Å². The van der Waals surface area contributed by atoms with Crippen LogP contribution in [0.2, 0.25) is 0 Å². The van der Waals surface area contributed by atoms with Crippen LogP contribution in [0.3, 0.4) is 0 Å². The van der Waals surface area contributed by atoms with Gasteiger partial charge in [-0.05, 0) is 58.5 Å². The number of rotatable bonds is 6. The van der Waals surface area contributed by atoms with Crippen molar-refractivity contribution in [1.29, 1.82) is 0 Å². The maximum atomic E-state index is 12.2. The van der Waals surface area contributed by atoms with Crippen LogP contribution < -0.4 is 10.6 Å². The lowest BCUT2D eigenvalue weighted by molar-refractivity contribution is 0.0193. The molecule has 1 aliphatic rings. The zero-order valence-electron chi connectivity index (χ0n) is 15.9. The van der Waals surface area contributed by atoms with Crippen LogP contribution in [0.25, 0.3) is 0 Å². The average Bonchev–Trinajstić information content (AvgIpc) is 2.52. The monoisotopic (exact) mass is 358 g/mol. The number of ether oxygens (including phenoxy) is 1. The standard InChI is InChI=1S/C17H34N4O2S/c1-17(2,3)23-16(22)21-11-8-9-14(13-21)20-15(18-4)19-10-6-7-12-24-5/h14H,6-13H2,1-5H3,(H2,18,19,20). The number of nitrogens with one attached hydrogen (secondary N) is 2. The number of amides is 1. The van der Waals surface area contributed by atoms with Crippen molar-refractivity contribution in [3.05, 3.63) is 0 Å². The summed E-state index contributed by atoms with van der Waals surface area (Å²) in [6.45, 7) is 8.02. The molecule has 1 saturated heterocycles. The van der Waals surface area contributed by atoms with Crippen LogP contribution in [0.4, 0.5) is 4.79 Å². The molecule has 1 heterocycles. The molecule has 1 unspecified atom stereocenters. The van der Waals surface area contributed by atoms with E-state index in [1.165, 1.54) is 12.2 Å². The van der Waals surface area contributed by atoms with Crippen LogP contribution >= 0.6 is 11.8 Å². The summed E-state index contributed by atoms with van der Waals surface area (Å²) < 4.78 is 5.47. The van der Waals surface area contributed by atoms with Gasteiger partial charge < -0.3 is 20.3 Å². The van der Waals surface area contributed by atoms with Gasteiger partial charge in [-0.2, -0.15) is 11.8 Å². The fourth-order valence-electron chi connectivity index (χ4n) is 2.55. The second-order valence-corrected chi connectivity index (χ2v) is 8.09. The number of unbranched alkanes of at least 4 members (excludes halogenated alkanes) is 1. The van der Waals surface area contributed by atoms with Gasteiger partial charge in [-0.15, -0.1) is 0 Å². The van der Waals surface area contributed by atoms with Gasteiger partial charge in [0.15, 0.2) is 5.96 Å². The molecule has 1 rings (SSSR count). The van der Waals surface area contributed by atoms with Gasteiger partial charge >= 0.3 is 6.09 Å². The minimum absolute atomic E-state index is 0.212. The first-order chi connectivity index (χ1) is 11.4. The van der Waals surface area contributed by atoms with Crippen molar-refractivity contribution in [2.75, 3.05) is 38.7 Å². The summed E-state index contributed by atoms with van der Waals surface area (Å²) in [4.78, 5) is 18.3. The molecule has 0 bridgehead atoms. The SMILES string of the molecule is CN=C(NCCCCSC)NC1CCCN(C(=O)OC(C)(C)C)C1. The van der Waals surface area contributed by atoms with Crippen molar-refractivity contribution in [3.63, 3.8) is 0 Å². The highest BCUT2D eigenvalue weighted by Crippen LogP contribution is 2.15. The predicted octanol–water partition coefficient (Wildman–Crippen LogP) is 2.69. The molecule has 0 radical (unpaired) electrons. The van der Waals surface area contributed by atoms with E-state index < -0.39 is 5.60 Å². The third-order valence-corrected chi connectivity index (χ3v) is 4.40. The number of nitrogens with zero attached hydrogens (tertiary/aromatic N) is 2. The highest BCUT2D eigenvalue weighted by Gasteiger charge is 2.27. The molecule has 0 aromatic heterocycles. The molecule has 0 saturated carbocycles. The maximum absolute atomic E-state index is 12.2. The van der Waals surface area contributed by atoms with Crippen LogP contribution in [0, 0.1) is 0 Å². The molecule has 0 spiro atoms. The number of hydrogen-bond acceptors (Lipinski definition) is 4. The number of likely N-dealkylation sites (tertiary alicyclic amines) is 1. The van der Waals surface area contributed by atoms with E-state index in [0.717, 1.165) is 38.3 Å². The van der Waals surface area contributed by atoms with Gasteiger partial charge in [0.25, 0.3) is 0 Å². The third kappa shape index (κ3) is 8.66. The molecule has 2 N–H and O–H groups in total. The zero-order valence-corrected chi connectivity index (χ0v) is 16.7. The number of carbonyl (C=O) groups is 1. The summed E-state index contributed by atoms with van der Waals surface area (Å²) in [5.41, 5.74) is -0.453. The summed E-state index contributed by atoms with van der Waals surface area (Å²) in [7, 11) is 1.78. The van der Waals surface area contributed by atoms with Crippen LogP contribution in [0.15, 0.2) is 4.99 Å². The first-order valence-electron chi connectivity index (χ1n) is 8.79. The number of hydrogen-bond donors (Lipinski definition) is 2. The molecule has 1 atom stereocenters. The molecular formula is C17H34N4O2S. The topological polar surface area (TPSA) is 66.0 Å². The van der Waals surface area contributed by atoms with Crippen molar-refractivity contribution >= 4 is 23.8 Å². The zero-order chi connectivity index (χ0) is 18.0. The lowest BCUT2D eigenvalue weighted by Crippen LogP contribution is -2.53. The van der Waals surface area contributed by atoms with Crippen molar-refractivity contribution in [1.82, 2.24) is 15.5 Å². The third-order valence-electron chi connectivity index (χ3n) is 3.71. The Labute approximate surface area is 151 Å². The van der Waals surface area contributed by atoms with E-state index >= 15 is 0 Å². The Kier molecular flexibility index (Phi) is 9.33. The van der Waals surface area contributed by atoms with E-state index in [2.05, 4.69) is 21.9 Å². The summed E-state index contributed by atoms with van der Waals surface area (Å²) in [6.07, 6.45) is 6.26. The lowest BCUT2D eigenvalue weighted by atomic mass is 10.1. The smallest absolute Gasteiger partial charge is 0.410 e. The molecule has 0 aliphatic carbocycles. The fraction of sp³-hybridized carbons (Fsp3) is 0.882. The van der Waals surface area contributed by atoms with Gasteiger partial charge in [0.1, 0.15) is 5.60 Å². The number of piperidine rings is 1. The van der Waals surface area contributed by atoms with Crippen molar-refractivity contribution < 1.29 is 9.53 Å². The van der Waals surface area contributed by atoms with Crippen molar-refractivity contribution in [2.45, 2.75) is 58.1 Å². The van der Waals surface area contributed by atoms with Gasteiger partial charge in [0.2, 0.25) is 0 Å². The molecule has 7 heteroatoms. The van der Waals surface area contributed by atoms with Crippen LogP contribution in [0.5, 0.6) is 0 Å². The second-order valence-electron chi connectivity index (χ2n) is 7.11. The molecule has 1 fully saturated rings. The van der Waals surface area contributed by atoms with E-state index in [1.54, 1.807) is 11.9 Å². The lowest BCUT2D eigenvalue weighted by Gasteiger charge is -2.35. The van der Waals surface area contributed by atoms with Crippen molar-refractivity contribution in [3.8, 4) is 0 Å². The molecule has 1 amide bonds. The first kappa shape index (κ1) is 20.9. The van der Waals surface area contributed by atoms with E-state index in [9.17, 15) is 4.79 Å². The minimum atomic E-state index is -0.453. The largest absolute Gasteiger partial charge is 0.444 e. The normalized spacial score (nSPS) is 19.1. The number of thioether (sulfide) groups is 1. The Bertz CT molecular complexity index is 410. The summed E-state index contributed by atoms with van der Waals surface area (Å²) in [5, 5.41) is 6.78. The van der Waals surface area contributed by atoms with Crippen molar-refractivity contribution in [2.24, 2.45) is 4.99 Å². The average molecular weight is 359 g/mol. The molecule has 0 aromatic carbocycles. The Balaban J connectivity index is 2.39. The fourth-order valence-corrected chi connectivity index (χ4v) is 3.05. The molecule has 24 heavy (non-hydrogen) atoms. The highest BCUT2D eigenvalue weighted by molar-refractivity contribution is 7.98. The van der Waals surface area contributed by atoms with Gasteiger partial charge in [0, 0.05) is 32.7 Å². The van der Waals surface area contributed by atoms with E-state index in [1.807, 2.05) is 32.5 Å². The molecule has 1 aliphatic heterocycles. The first-order valence-corrected chi connectivity index (χ1v) is 10.2. The quantitative estimate of drug-likeness (QED) is 0.434. The molecular weight excluding hydrogens is 324 g/mol. The number of aliphatic imine (C=N–C) groups is 1. The highest BCUT2D eigenvalue weighted by atomic mass is 32.2. The van der Waals surface area contributed by atoms with Gasteiger partial charge in [-0.3, -0.25) is 4.99 Å². The van der Waals surface area contributed by atoms with Gasteiger partial charge in [0.05, 0.1) is 0 Å². The Morgan fingerprint density at radius 2 is 2.12 bits per heavy atom. The van der Waals surface area contributed by atoms with Gasteiger partial charge in [-0.25, -0.2) is 4.79 Å². The summed E-state index contributed by atoms with van der Waals surface area (Å²) in [5.74, 6) is 2.01.